The molecule has 3 aromatic heterocycles. The zero-order valence-electron chi connectivity index (χ0n) is 35.7. The Morgan fingerprint density at radius 3 is 2.52 bits per heavy atom. The molecule has 5 aromatic rings. The molecule has 3 aliphatic heterocycles. The highest BCUT2D eigenvalue weighted by Gasteiger charge is 2.63. The molecule has 4 aliphatic rings. The summed E-state index contributed by atoms with van der Waals surface area (Å²) in [6.07, 6.45) is 8.67. The fourth-order valence-electron chi connectivity index (χ4n) is 10.3. The van der Waals surface area contributed by atoms with E-state index in [0.717, 1.165) is 31.1 Å². The average molecular weight is 865 g/mol. The number of fused-ring (bicyclic) bond motifs is 2. The Hall–Kier alpha value is -6.19. The number of amides is 3. The molecule has 0 radical (unpaired) electrons. The van der Waals surface area contributed by atoms with Crippen molar-refractivity contribution < 1.29 is 33.0 Å². The molecule has 1 spiro atoms. The summed E-state index contributed by atoms with van der Waals surface area (Å²) in [6, 6.07) is 9.63. The molecule has 63 heavy (non-hydrogen) atoms. The van der Waals surface area contributed by atoms with E-state index in [1.807, 2.05) is 26.7 Å². The predicted molar refractivity (Wildman–Crippen MR) is 229 cm³/mol. The minimum Gasteiger partial charge on any atom is -0.494 e. The first-order chi connectivity index (χ1) is 30.0. The number of alkyl halides is 2. The number of carbonyl (C=O) groups excluding carboxylic acids is 3. The lowest BCUT2D eigenvalue weighted by atomic mass is 9.68. The molecule has 6 heterocycles. The minimum absolute atomic E-state index is 0.0866. The molecule has 16 nitrogen and oxygen atoms in total. The normalized spacial score (nSPS) is 22.5. The van der Waals surface area contributed by atoms with Gasteiger partial charge in [0.1, 0.15) is 23.5 Å². The van der Waals surface area contributed by atoms with Gasteiger partial charge in [-0.2, -0.15) is 10.4 Å². The lowest BCUT2D eigenvalue weighted by Crippen LogP contribution is -2.70. The summed E-state index contributed by atoms with van der Waals surface area (Å²) in [7, 11) is 3.09. The van der Waals surface area contributed by atoms with Gasteiger partial charge >= 0.3 is 5.69 Å². The molecule has 3 saturated heterocycles. The van der Waals surface area contributed by atoms with E-state index in [-0.39, 0.29) is 61.5 Å². The number of nitrogens with one attached hydrogen (secondary N) is 2. The van der Waals surface area contributed by atoms with Gasteiger partial charge in [0.25, 0.3) is 11.8 Å². The lowest BCUT2D eigenvalue weighted by Gasteiger charge is -2.58. The molecule has 4 fully saturated rings. The van der Waals surface area contributed by atoms with Crippen LogP contribution in [0.25, 0.3) is 21.9 Å². The van der Waals surface area contributed by atoms with Gasteiger partial charge in [0, 0.05) is 68.3 Å². The number of pyridine rings is 1. The monoisotopic (exact) mass is 864 g/mol. The fraction of sp³-hybridized carbons (Fsp3) is 0.489. The second kappa shape index (κ2) is 15.6. The Balaban J connectivity index is 0.844. The van der Waals surface area contributed by atoms with Crippen LogP contribution in [0.15, 0.2) is 53.7 Å². The van der Waals surface area contributed by atoms with Gasteiger partial charge in [-0.05, 0) is 95.2 Å². The van der Waals surface area contributed by atoms with E-state index in [2.05, 4.69) is 15.6 Å². The second-order valence-electron chi connectivity index (χ2n) is 18.3. The molecule has 9 rings (SSSR count). The molecule has 1 unspecified atom stereocenters. The van der Waals surface area contributed by atoms with E-state index in [1.54, 1.807) is 45.2 Å². The number of benzene rings is 2. The molecule has 3 N–H and O–H groups in total. The lowest BCUT2D eigenvalue weighted by molar-refractivity contribution is -0.181. The molecular formula is C45H50F2N10O6. The molecule has 18 heteroatoms. The molecule has 2 aromatic carbocycles. The van der Waals surface area contributed by atoms with Crippen molar-refractivity contribution in [3.63, 3.8) is 0 Å². The molecular weight excluding hydrogens is 815 g/mol. The number of nitrogens with zero attached hydrogens (tertiary/aromatic N) is 8. The topological polar surface area (TPSA) is 193 Å². The van der Waals surface area contributed by atoms with E-state index in [0.29, 0.717) is 58.7 Å². The SMILES string of the molecule is COc1ccc2c(c1N1CC3(CCN(CC4CCC(n5cc6cc(NC(=O)c7cncc(C#N)c7)c(C(C)(C)O)cc6n5)CC4)CC3(F)F)C1)n(C)c(=O)n2C1CCC(=O)NC1=O. The summed E-state index contributed by atoms with van der Waals surface area (Å²) in [6.45, 7) is 4.23. The molecule has 330 valence electrons. The van der Waals surface area contributed by atoms with Crippen LogP contribution in [-0.2, 0) is 22.2 Å². The van der Waals surface area contributed by atoms with Crippen LogP contribution < -0.4 is 26.0 Å². The number of rotatable bonds is 9. The van der Waals surface area contributed by atoms with Gasteiger partial charge in [0.2, 0.25) is 11.8 Å². The number of methoxy groups -OCH3 is 1. The maximum Gasteiger partial charge on any atom is 0.329 e. The largest absolute Gasteiger partial charge is 0.494 e. The van der Waals surface area contributed by atoms with E-state index in [9.17, 15) is 29.5 Å². The van der Waals surface area contributed by atoms with Gasteiger partial charge in [0.15, 0.2) is 0 Å². The second-order valence-corrected chi connectivity index (χ2v) is 18.3. The van der Waals surface area contributed by atoms with Crippen molar-refractivity contribution in [2.45, 2.75) is 82.4 Å². The number of piperidine rings is 2. The highest BCUT2D eigenvalue weighted by atomic mass is 19.3. The van der Waals surface area contributed by atoms with Gasteiger partial charge in [0.05, 0.1) is 58.4 Å². The number of imide groups is 1. The molecule has 1 atom stereocenters. The van der Waals surface area contributed by atoms with E-state index in [4.69, 9.17) is 9.84 Å². The first-order valence-electron chi connectivity index (χ1n) is 21.4. The smallest absolute Gasteiger partial charge is 0.329 e. The van der Waals surface area contributed by atoms with Crippen LogP contribution in [0.1, 0.15) is 92.4 Å². The number of aliphatic hydroxyl groups is 1. The third kappa shape index (κ3) is 7.40. The summed E-state index contributed by atoms with van der Waals surface area (Å²) in [5.74, 6) is -3.66. The highest BCUT2D eigenvalue weighted by Crippen LogP contribution is 2.54. The Kier molecular flexibility index (Phi) is 10.4. The highest BCUT2D eigenvalue weighted by molar-refractivity contribution is 6.06. The van der Waals surface area contributed by atoms with Gasteiger partial charge in [-0.25, -0.2) is 13.6 Å². The molecule has 3 amide bonds. The molecule has 1 aliphatic carbocycles. The molecule has 1 saturated carbocycles. The number of nitriles is 1. The van der Waals surface area contributed by atoms with Crippen molar-refractivity contribution >= 4 is 51.0 Å². The first kappa shape index (κ1) is 42.1. The number of carbonyl (C=O) groups is 3. The van der Waals surface area contributed by atoms with Gasteiger partial charge in [-0.3, -0.25) is 43.4 Å². The zero-order valence-corrected chi connectivity index (χ0v) is 35.7. The number of ether oxygens (including phenoxy) is 1. The average Bonchev–Trinajstić information content (AvgIpc) is 3.76. The van der Waals surface area contributed by atoms with Crippen molar-refractivity contribution in [2.24, 2.45) is 18.4 Å². The fourth-order valence-corrected chi connectivity index (χ4v) is 10.3. The number of halogens is 2. The number of imidazole rings is 1. The maximum atomic E-state index is 16.4. The summed E-state index contributed by atoms with van der Waals surface area (Å²) in [4.78, 5) is 59.2. The zero-order chi connectivity index (χ0) is 44.6. The van der Waals surface area contributed by atoms with Crippen LogP contribution >= 0.6 is 0 Å². The summed E-state index contributed by atoms with van der Waals surface area (Å²) in [5, 5.41) is 31.2. The van der Waals surface area contributed by atoms with Crippen molar-refractivity contribution in [3.05, 3.63) is 76.1 Å². The Labute approximate surface area is 361 Å². The number of likely N-dealkylation sites (tertiary alicyclic amines) is 1. The van der Waals surface area contributed by atoms with E-state index < -0.39 is 40.5 Å². The summed E-state index contributed by atoms with van der Waals surface area (Å²) in [5.41, 5.74) is 0.572. The number of hydrogen-bond acceptors (Lipinski definition) is 11. The third-order valence-electron chi connectivity index (χ3n) is 13.7. The quantitative estimate of drug-likeness (QED) is 0.169. The number of hydrogen-bond donors (Lipinski definition) is 3. The van der Waals surface area contributed by atoms with Gasteiger partial charge in [-0.1, -0.05) is 0 Å². The third-order valence-corrected chi connectivity index (χ3v) is 13.7. The standard InChI is InChI=1S/C45H50F2N10O6/c1-43(2,62)31-17-32-29(16-33(31)50-40(59)28-15-27(18-48)19-49-20-28)22-56(52-32)30-7-5-26(6-8-30)21-54-14-13-44(45(46,47)25-54)23-55(24-44)39-36(63-4)11-9-34-38(39)53(3)42(61)57(34)35-10-12-37(58)51-41(35)60/h9,11,15-17,19-20,22,26,30,35,62H,5-8,10,12-14,21,23-25H2,1-4H3,(H,50,59)(H,51,58,60). The Bertz CT molecular complexity index is 2770. The van der Waals surface area contributed by atoms with Gasteiger partial charge < -0.3 is 20.1 Å². The predicted octanol–water partition coefficient (Wildman–Crippen LogP) is 5.00. The van der Waals surface area contributed by atoms with Crippen LogP contribution in [0, 0.1) is 22.7 Å². The number of aromatic nitrogens is 5. The van der Waals surface area contributed by atoms with Crippen LogP contribution in [0.3, 0.4) is 0 Å². The van der Waals surface area contributed by atoms with Crippen molar-refractivity contribution in [3.8, 4) is 11.8 Å². The molecule has 0 bridgehead atoms. The van der Waals surface area contributed by atoms with Crippen LogP contribution in [0.2, 0.25) is 0 Å². The number of aryl methyl sites for hydroxylation is 1. The summed E-state index contributed by atoms with van der Waals surface area (Å²) < 4.78 is 43.2. The van der Waals surface area contributed by atoms with Crippen LogP contribution in [-0.4, -0.2) is 97.4 Å². The van der Waals surface area contributed by atoms with Crippen LogP contribution in [0.5, 0.6) is 5.75 Å². The van der Waals surface area contributed by atoms with Crippen LogP contribution in [0.4, 0.5) is 20.2 Å². The van der Waals surface area contributed by atoms with Gasteiger partial charge in [-0.15, -0.1) is 0 Å². The number of anilines is 2. The summed E-state index contributed by atoms with van der Waals surface area (Å²) >= 11 is 0. The van der Waals surface area contributed by atoms with E-state index >= 15 is 8.78 Å². The Morgan fingerprint density at radius 1 is 1.08 bits per heavy atom. The van der Waals surface area contributed by atoms with Crippen molar-refractivity contribution in [1.29, 1.82) is 5.26 Å². The maximum absolute atomic E-state index is 16.4. The first-order valence-corrected chi connectivity index (χ1v) is 21.4. The van der Waals surface area contributed by atoms with E-state index in [1.165, 1.54) is 34.7 Å². The minimum atomic E-state index is -2.96. The Morgan fingerprint density at radius 2 is 1.84 bits per heavy atom. The van der Waals surface area contributed by atoms with Crippen molar-refractivity contribution in [2.75, 3.05) is 50.1 Å². The van der Waals surface area contributed by atoms with Crippen molar-refractivity contribution in [1.82, 2.24) is 34.1 Å².